The molecule has 0 aliphatic carbocycles. The summed E-state index contributed by atoms with van der Waals surface area (Å²) in [6, 6.07) is 5.48. The summed E-state index contributed by atoms with van der Waals surface area (Å²) in [5.41, 5.74) is 2.20. The van der Waals surface area contributed by atoms with Crippen molar-refractivity contribution in [3.63, 3.8) is 0 Å². The van der Waals surface area contributed by atoms with E-state index in [9.17, 15) is 8.42 Å². The number of nitrogens with one attached hydrogen (secondary N) is 1. The number of fused-ring (bicyclic) bond motifs is 1. The van der Waals surface area contributed by atoms with Gasteiger partial charge >= 0.3 is 0 Å². The molecule has 1 aromatic carbocycles. The molecule has 1 N–H and O–H groups in total. The standard InChI is InChI=1S/C15H22N2O2S/c1-2-3-12-7-9-17(11-12)20(18,19)14-4-5-15-13(10-14)6-8-16-15/h4-5,10,12,16H,2-3,6-9,11H2,1H3. The largest absolute Gasteiger partial charge is 0.384 e. The van der Waals surface area contributed by atoms with Crippen LogP contribution in [0.2, 0.25) is 0 Å². The van der Waals surface area contributed by atoms with E-state index in [2.05, 4.69) is 12.2 Å². The van der Waals surface area contributed by atoms with E-state index < -0.39 is 10.0 Å². The molecule has 1 aromatic rings. The van der Waals surface area contributed by atoms with E-state index in [1.54, 1.807) is 10.4 Å². The van der Waals surface area contributed by atoms with Crippen molar-refractivity contribution in [2.45, 2.75) is 37.5 Å². The predicted molar refractivity (Wildman–Crippen MR) is 80.4 cm³/mol. The fourth-order valence-electron chi connectivity index (χ4n) is 3.25. The van der Waals surface area contributed by atoms with Crippen LogP contribution in [0.5, 0.6) is 0 Å². The molecule has 1 fully saturated rings. The molecule has 2 aliphatic heterocycles. The van der Waals surface area contributed by atoms with E-state index in [-0.39, 0.29) is 0 Å². The molecule has 1 atom stereocenters. The third kappa shape index (κ3) is 2.44. The summed E-state index contributed by atoms with van der Waals surface area (Å²) in [6.07, 6.45) is 4.17. The smallest absolute Gasteiger partial charge is 0.243 e. The minimum atomic E-state index is -3.31. The number of rotatable bonds is 4. The lowest BCUT2D eigenvalue weighted by atomic mass is 10.0. The Morgan fingerprint density at radius 3 is 3.05 bits per heavy atom. The highest BCUT2D eigenvalue weighted by molar-refractivity contribution is 7.89. The quantitative estimate of drug-likeness (QED) is 0.928. The predicted octanol–water partition coefficient (Wildman–Crippen LogP) is 2.47. The first-order valence-electron chi connectivity index (χ1n) is 7.48. The fourth-order valence-corrected chi connectivity index (χ4v) is 4.83. The molecule has 110 valence electrons. The zero-order chi connectivity index (χ0) is 14.2. The summed E-state index contributed by atoms with van der Waals surface area (Å²) < 4.78 is 27.0. The third-order valence-corrected chi connectivity index (χ3v) is 6.23. The van der Waals surface area contributed by atoms with E-state index in [0.717, 1.165) is 43.5 Å². The summed E-state index contributed by atoms with van der Waals surface area (Å²) in [4.78, 5) is 0.456. The number of anilines is 1. The van der Waals surface area contributed by atoms with Gasteiger partial charge in [-0.2, -0.15) is 4.31 Å². The van der Waals surface area contributed by atoms with Crippen LogP contribution in [0.4, 0.5) is 5.69 Å². The normalized spacial score (nSPS) is 22.8. The first-order chi connectivity index (χ1) is 9.61. The van der Waals surface area contributed by atoms with Crippen molar-refractivity contribution in [1.82, 2.24) is 4.31 Å². The Balaban J connectivity index is 1.82. The van der Waals surface area contributed by atoms with Crippen molar-refractivity contribution < 1.29 is 8.42 Å². The van der Waals surface area contributed by atoms with Gasteiger partial charge in [0.2, 0.25) is 10.0 Å². The van der Waals surface area contributed by atoms with Gasteiger partial charge < -0.3 is 5.32 Å². The van der Waals surface area contributed by atoms with Crippen LogP contribution >= 0.6 is 0 Å². The van der Waals surface area contributed by atoms with Gasteiger partial charge in [-0.05, 0) is 48.9 Å². The first-order valence-corrected chi connectivity index (χ1v) is 8.92. The van der Waals surface area contributed by atoms with E-state index in [0.29, 0.717) is 23.9 Å². The zero-order valence-corrected chi connectivity index (χ0v) is 12.7. The number of nitrogens with zero attached hydrogens (tertiary/aromatic N) is 1. The molecule has 2 aliphatic rings. The molecule has 4 nitrogen and oxygen atoms in total. The van der Waals surface area contributed by atoms with Crippen LogP contribution in [0.1, 0.15) is 31.7 Å². The van der Waals surface area contributed by atoms with Gasteiger partial charge in [-0.1, -0.05) is 13.3 Å². The van der Waals surface area contributed by atoms with Gasteiger partial charge in [-0.3, -0.25) is 0 Å². The van der Waals surface area contributed by atoms with Gasteiger partial charge in [-0.25, -0.2) is 8.42 Å². The Bertz CT molecular complexity index is 598. The Morgan fingerprint density at radius 2 is 2.25 bits per heavy atom. The highest BCUT2D eigenvalue weighted by atomic mass is 32.2. The highest BCUT2D eigenvalue weighted by Gasteiger charge is 2.32. The molecule has 1 unspecified atom stereocenters. The molecule has 2 heterocycles. The summed E-state index contributed by atoms with van der Waals surface area (Å²) in [7, 11) is -3.31. The molecule has 0 saturated carbocycles. The van der Waals surface area contributed by atoms with Gasteiger partial charge in [0, 0.05) is 25.3 Å². The van der Waals surface area contributed by atoms with Crippen molar-refractivity contribution in [2.24, 2.45) is 5.92 Å². The van der Waals surface area contributed by atoms with Crippen molar-refractivity contribution in [1.29, 1.82) is 0 Å². The first kappa shape index (κ1) is 13.9. The van der Waals surface area contributed by atoms with Crippen LogP contribution in [0.15, 0.2) is 23.1 Å². The number of hydrogen-bond donors (Lipinski definition) is 1. The second kappa shape index (κ2) is 5.37. The molecule has 3 rings (SSSR count). The molecule has 0 aromatic heterocycles. The SMILES string of the molecule is CCCC1CCN(S(=O)(=O)c2ccc3c(c2)CCN3)C1. The molecular weight excluding hydrogens is 272 g/mol. The summed E-state index contributed by atoms with van der Waals surface area (Å²) >= 11 is 0. The number of sulfonamides is 1. The lowest BCUT2D eigenvalue weighted by molar-refractivity contribution is 0.444. The molecular formula is C15H22N2O2S. The van der Waals surface area contributed by atoms with Crippen LogP contribution in [0.25, 0.3) is 0 Å². The number of benzene rings is 1. The van der Waals surface area contributed by atoms with E-state index in [4.69, 9.17) is 0 Å². The van der Waals surface area contributed by atoms with E-state index in [1.165, 1.54) is 0 Å². The molecule has 5 heteroatoms. The average Bonchev–Trinajstić information content (AvgIpc) is 3.06. The van der Waals surface area contributed by atoms with Gasteiger partial charge in [-0.15, -0.1) is 0 Å². The summed E-state index contributed by atoms with van der Waals surface area (Å²) in [5, 5.41) is 3.26. The van der Waals surface area contributed by atoms with E-state index >= 15 is 0 Å². The fraction of sp³-hybridized carbons (Fsp3) is 0.600. The molecule has 0 bridgehead atoms. The maximum atomic E-state index is 12.7. The lowest BCUT2D eigenvalue weighted by Gasteiger charge is -2.17. The van der Waals surface area contributed by atoms with Gasteiger partial charge in [0.05, 0.1) is 4.90 Å². The Morgan fingerprint density at radius 1 is 1.40 bits per heavy atom. The van der Waals surface area contributed by atoms with Crippen molar-refractivity contribution >= 4 is 15.7 Å². The summed E-state index contributed by atoms with van der Waals surface area (Å²) in [5.74, 6) is 0.533. The van der Waals surface area contributed by atoms with Crippen molar-refractivity contribution in [3.8, 4) is 0 Å². The third-order valence-electron chi connectivity index (χ3n) is 4.37. The summed E-state index contributed by atoms with van der Waals surface area (Å²) in [6.45, 7) is 4.42. The van der Waals surface area contributed by atoms with Crippen LogP contribution in [-0.2, 0) is 16.4 Å². The molecule has 0 amide bonds. The molecule has 20 heavy (non-hydrogen) atoms. The van der Waals surface area contributed by atoms with E-state index in [1.807, 2.05) is 12.1 Å². The maximum Gasteiger partial charge on any atom is 0.243 e. The van der Waals surface area contributed by atoms with Gasteiger partial charge in [0.15, 0.2) is 0 Å². The second-order valence-corrected chi connectivity index (χ2v) is 7.74. The lowest BCUT2D eigenvalue weighted by Crippen LogP contribution is -2.29. The Kier molecular flexibility index (Phi) is 3.73. The van der Waals surface area contributed by atoms with Crippen LogP contribution in [0.3, 0.4) is 0 Å². The topological polar surface area (TPSA) is 49.4 Å². The maximum absolute atomic E-state index is 12.7. The Labute approximate surface area is 121 Å². The zero-order valence-electron chi connectivity index (χ0n) is 11.9. The molecule has 1 saturated heterocycles. The monoisotopic (exact) mass is 294 g/mol. The van der Waals surface area contributed by atoms with Crippen LogP contribution < -0.4 is 5.32 Å². The minimum Gasteiger partial charge on any atom is -0.384 e. The van der Waals surface area contributed by atoms with Crippen molar-refractivity contribution in [2.75, 3.05) is 25.0 Å². The molecule has 0 radical (unpaired) electrons. The van der Waals surface area contributed by atoms with Crippen LogP contribution in [-0.4, -0.2) is 32.4 Å². The number of hydrogen-bond acceptors (Lipinski definition) is 3. The second-order valence-electron chi connectivity index (χ2n) is 5.80. The van der Waals surface area contributed by atoms with Gasteiger partial charge in [0.1, 0.15) is 0 Å². The molecule has 0 spiro atoms. The highest BCUT2D eigenvalue weighted by Crippen LogP contribution is 2.30. The minimum absolute atomic E-state index is 0.456. The average molecular weight is 294 g/mol. The van der Waals surface area contributed by atoms with Crippen molar-refractivity contribution in [3.05, 3.63) is 23.8 Å². The van der Waals surface area contributed by atoms with Crippen LogP contribution in [0, 0.1) is 5.92 Å². The van der Waals surface area contributed by atoms with Gasteiger partial charge in [0.25, 0.3) is 0 Å². The Hall–Kier alpha value is -1.07.